The average Bonchev–Trinajstić information content (AvgIpc) is 2.47. The van der Waals surface area contributed by atoms with Crippen molar-refractivity contribution in [3.05, 3.63) is 23.6 Å². The Bertz CT molecular complexity index is 509. The molecule has 0 fully saturated rings. The topological polar surface area (TPSA) is 109 Å². The number of nitrogens with zero attached hydrogens (tertiary/aromatic N) is 1. The zero-order valence-corrected chi connectivity index (χ0v) is 12.1. The van der Waals surface area contributed by atoms with E-state index in [0.717, 1.165) is 6.42 Å². The van der Waals surface area contributed by atoms with Crippen LogP contribution in [0.4, 0.5) is 10.2 Å². The molecule has 8 heteroatoms. The SMILES string of the molecule is CCC(C)NC(=O)CCNC(=O)c1ccnc(NN)c1F. The Balaban J connectivity index is 2.50. The molecule has 1 aromatic heterocycles. The summed E-state index contributed by atoms with van der Waals surface area (Å²) in [6, 6.07) is 1.33. The molecule has 0 saturated heterocycles. The Labute approximate surface area is 122 Å². The van der Waals surface area contributed by atoms with Gasteiger partial charge in [0.2, 0.25) is 5.91 Å². The van der Waals surface area contributed by atoms with Crippen molar-refractivity contribution in [3.8, 4) is 0 Å². The Morgan fingerprint density at radius 2 is 2.19 bits per heavy atom. The van der Waals surface area contributed by atoms with E-state index >= 15 is 0 Å². The number of pyridine rings is 1. The molecule has 1 rings (SSSR count). The smallest absolute Gasteiger partial charge is 0.254 e. The second kappa shape index (κ2) is 8.15. The molecule has 5 N–H and O–H groups in total. The summed E-state index contributed by atoms with van der Waals surface area (Å²) in [7, 11) is 0. The van der Waals surface area contributed by atoms with E-state index in [1.807, 2.05) is 13.8 Å². The summed E-state index contributed by atoms with van der Waals surface area (Å²) in [5.74, 6) is 3.25. The van der Waals surface area contributed by atoms with E-state index in [1.54, 1.807) is 0 Å². The lowest BCUT2D eigenvalue weighted by molar-refractivity contribution is -0.121. The first-order chi connectivity index (χ1) is 9.99. The number of hydrogen-bond donors (Lipinski definition) is 4. The molecule has 1 heterocycles. The van der Waals surface area contributed by atoms with Crippen LogP contribution in [0.3, 0.4) is 0 Å². The second-order valence-electron chi connectivity index (χ2n) is 4.55. The molecule has 0 aliphatic carbocycles. The predicted molar refractivity (Wildman–Crippen MR) is 76.9 cm³/mol. The fraction of sp³-hybridized carbons (Fsp3) is 0.462. The summed E-state index contributed by atoms with van der Waals surface area (Å²) >= 11 is 0. The van der Waals surface area contributed by atoms with Gasteiger partial charge in [-0.1, -0.05) is 6.92 Å². The molecule has 0 spiro atoms. The van der Waals surface area contributed by atoms with Gasteiger partial charge in [0.05, 0.1) is 5.56 Å². The van der Waals surface area contributed by atoms with E-state index < -0.39 is 11.7 Å². The summed E-state index contributed by atoms with van der Waals surface area (Å²) in [4.78, 5) is 27.0. The highest BCUT2D eigenvalue weighted by Gasteiger charge is 2.15. The fourth-order valence-corrected chi connectivity index (χ4v) is 1.55. The fourth-order valence-electron chi connectivity index (χ4n) is 1.55. The maximum Gasteiger partial charge on any atom is 0.254 e. The molecular weight excluding hydrogens is 277 g/mol. The highest BCUT2D eigenvalue weighted by Crippen LogP contribution is 2.13. The van der Waals surface area contributed by atoms with Gasteiger partial charge in [-0.05, 0) is 19.4 Å². The standard InChI is InChI=1S/C13H20FN5O2/c1-3-8(2)18-10(20)5-7-17-13(21)9-4-6-16-12(19-15)11(9)14/h4,6,8H,3,5,7,15H2,1-2H3,(H,16,19)(H,17,21)(H,18,20). The lowest BCUT2D eigenvalue weighted by atomic mass is 10.2. The van der Waals surface area contributed by atoms with Gasteiger partial charge in [0.1, 0.15) is 0 Å². The van der Waals surface area contributed by atoms with Crippen molar-refractivity contribution in [2.24, 2.45) is 5.84 Å². The van der Waals surface area contributed by atoms with Crippen LogP contribution in [0.5, 0.6) is 0 Å². The molecule has 0 aliphatic heterocycles. The first-order valence-corrected chi connectivity index (χ1v) is 6.68. The minimum atomic E-state index is -0.832. The molecule has 21 heavy (non-hydrogen) atoms. The summed E-state index contributed by atoms with van der Waals surface area (Å²) in [5.41, 5.74) is 1.88. The number of nitrogens with two attached hydrogens (primary N) is 1. The van der Waals surface area contributed by atoms with Gasteiger partial charge in [0.25, 0.3) is 5.91 Å². The Hall–Kier alpha value is -2.22. The van der Waals surface area contributed by atoms with Gasteiger partial charge in [0, 0.05) is 25.2 Å². The maximum atomic E-state index is 13.8. The van der Waals surface area contributed by atoms with Crippen LogP contribution in [0.1, 0.15) is 37.0 Å². The summed E-state index contributed by atoms with van der Waals surface area (Å²) in [5, 5.41) is 5.25. The minimum absolute atomic E-state index is 0.0871. The summed E-state index contributed by atoms with van der Waals surface area (Å²) in [6.07, 6.45) is 2.22. The van der Waals surface area contributed by atoms with Gasteiger partial charge in [-0.3, -0.25) is 9.59 Å². The minimum Gasteiger partial charge on any atom is -0.354 e. The molecule has 0 saturated carbocycles. The number of nitrogens with one attached hydrogen (secondary N) is 3. The zero-order valence-electron chi connectivity index (χ0n) is 12.1. The van der Waals surface area contributed by atoms with E-state index in [-0.39, 0.29) is 36.3 Å². The van der Waals surface area contributed by atoms with E-state index in [9.17, 15) is 14.0 Å². The van der Waals surface area contributed by atoms with E-state index in [1.165, 1.54) is 12.3 Å². The third-order valence-electron chi connectivity index (χ3n) is 2.93. The quantitative estimate of drug-likeness (QED) is 0.434. The van der Waals surface area contributed by atoms with E-state index in [0.29, 0.717) is 0 Å². The van der Waals surface area contributed by atoms with Gasteiger partial charge in [-0.15, -0.1) is 0 Å². The number of hydrazine groups is 1. The first kappa shape index (κ1) is 16.8. The van der Waals surface area contributed by atoms with Crippen LogP contribution in [0.25, 0.3) is 0 Å². The van der Waals surface area contributed by atoms with Crippen molar-refractivity contribution >= 4 is 17.6 Å². The highest BCUT2D eigenvalue weighted by molar-refractivity contribution is 5.95. The number of nitrogen functional groups attached to an aromatic ring is 1. The average molecular weight is 297 g/mol. The summed E-state index contributed by atoms with van der Waals surface area (Å²) < 4.78 is 13.8. The predicted octanol–water partition coefficient (Wildman–Crippen LogP) is 0.541. The normalized spacial score (nSPS) is 11.6. The van der Waals surface area contributed by atoms with Gasteiger partial charge < -0.3 is 16.1 Å². The Kier molecular flexibility index (Phi) is 6.54. The lowest BCUT2D eigenvalue weighted by Gasteiger charge is -2.12. The van der Waals surface area contributed by atoms with Crippen molar-refractivity contribution in [2.75, 3.05) is 12.0 Å². The molecule has 0 radical (unpaired) electrons. The molecule has 0 aromatic carbocycles. The second-order valence-corrected chi connectivity index (χ2v) is 4.55. The largest absolute Gasteiger partial charge is 0.354 e. The van der Waals surface area contributed by atoms with Crippen LogP contribution in [0.15, 0.2) is 12.3 Å². The van der Waals surface area contributed by atoms with Crippen LogP contribution >= 0.6 is 0 Å². The lowest BCUT2D eigenvalue weighted by Crippen LogP contribution is -2.35. The van der Waals surface area contributed by atoms with Crippen LogP contribution in [0, 0.1) is 5.82 Å². The van der Waals surface area contributed by atoms with Crippen LogP contribution < -0.4 is 21.9 Å². The molecule has 0 bridgehead atoms. The van der Waals surface area contributed by atoms with Gasteiger partial charge >= 0.3 is 0 Å². The number of hydrogen-bond acceptors (Lipinski definition) is 5. The van der Waals surface area contributed by atoms with E-state index in [2.05, 4.69) is 21.0 Å². The highest BCUT2D eigenvalue weighted by atomic mass is 19.1. The Morgan fingerprint density at radius 3 is 2.81 bits per heavy atom. The third kappa shape index (κ3) is 4.99. The van der Waals surface area contributed by atoms with Crippen LogP contribution in [0.2, 0.25) is 0 Å². The van der Waals surface area contributed by atoms with Crippen LogP contribution in [-0.4, -0.2) is 29.4 Å². The number of aromatic nitrogens is 1. The summed E-state index contributed by atoms with van der Waals surface area (Å²) in [6.45, 7) is 3.97. The number of halogens is 1. The monoisotopic (exact) mass is 297 g/mol. The molecule has 1 aromatic rings. The van der Waals surface area contributed by atoms with Crippen molar-refractivity contribution in [1.82, 2.24) is 15.6 Å². The number of carbonyl (C=O) groups excluding carboxylic acids is 2. The number of anilines is 1. The van der Waals surface area contributed by atoms with Crippen molar-refractivity contribution < 1.29 is 14.0 Å². The molecule has 2 amide bonds. The van der Waals surface area contributed by atoms with Crippen LogP contribution in [-0.2, 0) is 4.79 Å². The molecule has 1 unspecified atom stereocenters. The molecular formula is C13H20FN5O2. The van der Waals surface area contributed by atoms with Gasteiger partial charge in [0.15, 0.2) is 11.6 Å². The Morgan fingerprint density at radius 1 is 1.48 bits per heavy atom. The molecule has 7 nitrogen and oxygen atoms in total. The maximum absolute atomic E-state index is 13.8. The number of amides is 2. The number of carbonyl (C=O) groups is 2. The molecule has 0 aliphatic rings. The van der Waals surface area contributed by atoms with E-state index in [4.69, 9.17) is 5.84 Å². The number of rotatable bonds is 7. The van der Waals surface area contributed by atoms with Crippen molar-refractivity contribution in [2.45, 2.75) is 32.7 Å². The van der Waals surface area contributed by atoms with Crippen molar-refractivity contribution in [3.63, 3.8) is 0 Å². The van der Waals surface area contributed by atoms with Gasteiger partial charge in [-0.25, -0.2) is 15.2 Å². The molecule has 1 atom stereocenters. The third-order valence-corrected chi connectivity index (χ3v) is 2.93. The first-order valence-electron chi connectivity index (χ1n) is 6.68. The van der Waals surface area contributed by atoms with Gasteiger partial charge in [-0.2, -0.15) is 0 Å². The molecule has 116 valence electrons. The van der Waals surface area contributed by atoms with Crippen molar-refractivity contribution in [1.29, 1.82) is 0 Å². The zero-order chi connectivity index (χ0) is 15.8.